The number of rotatable bonds is 2. The van der Waals surface area contributed by atoms with Crippen LogP contribution in [-0.4, -0.2) is 23.5 Å². The van der Waals surface area contributed by atoms with Gasteiger partial charge in [0.25, 0.3) is 0 Å². The Morgan fingerprint density at radius 2 is 2.24 bits per heavy atom. The first kappa shape index (κ1) is 11.8. The number of carbonyl (C=O) groups is 2. The lowest BCUT2D eigenvalue weighted by Gasteiger charge is -2.25. The molecule has 1 aromatic heterocycles. The Balaban J connectivity index is 2.25. The van der Waals surface area contributed by atoms with E-state index in [-0.39, 0.29) is 36.1 Å². The standard InChI is InChI=1S/C10H9ClFN3O2/c11-5-6-1-2-7(13-9(6)12)15-4-3-8(16)14-10(15)17/h1-2H,3-5H2,(H,14,16,17). The number of alkyl halides is 1. The summed E-state index contributed by atoms with van der Waals surface area (Å²) >= 11 is 5.50. The molecule has 5 nitrogen and oxygen atoms in total. The molecular formula is C10H9ClFN3O2. The van der Waals surface area contributed by atoms with Gasteiger partial charge in [-0.1, -0.05) is 0 Å². The van der Waals surface area contributed by atoms with Gasteiger partial charge in [-0.3, -0.25) is 15.0 Å². The number of hydrogen-bond donors (Lipinski definition) is 1. The van der Waals surface area contributed by atoms with Crippen LogP contribution in [0.25, 0.3) is 0 Å². The summed E-state index contributed by atoms with van der Waals surface area (Å²) < 4.78 is 13.4. The van der Waals surface area contributed by atoms with Crippen molar-refractivity contribution in [1.82, 2.24) is 10.3 Å². The third kappa shape index (κ3) is 2.36. The van der Waals surface area contributed by atoms with Gasteiger partial charge >= 0.3 is 6.03 Å². The van der Waals surface area contributed by atoms with Crippen molar-refractivity contribution >= 4 is 29.4 Å². The van der Waals surface area contributed by atoms with E-state index in [2.05, 4.69) is 10.3 Å². The summed E-state index contributed by atoms with van der Waals surface area (Å²) in [6.45, 7) is 0.192. The molecule has 1 aromatic rings. The number of imide groups is 1. The summed E-state index contributed by atoms with van der Waals surface area (Å²) in [4.78, 5) is 27.3. The molecule has 2 heterocycles. The van der Waals surface area contributed by atoms with E-state index in [1.165, 1.54) is 17.0 Å². The molecular weight excluding hydrogens is 249 g/mol. The second kappa shape index (κ2) is 4.67. The molecule has 1 saturated heterocycles. The van der Waals surface area contributed by atoms with E-state index in [0.717, 1.165) is 0 Å². The first-order chi connectivity index (χ1) is 8.11. The lowest BCUT2D eigenvalue weighted by Crippen LogP contribution is -2.50. The number of aromatic nitrogens is 1. The molecule has 0 unspecified atom stereocenters. The van der Waals surface area contributed by atoms with Crippen LogP contribution in [0.3, 0.4) is 0 Å². The molecule has 2 rings (SSSR count). The fraction of sp³-hybridized carbons (Fsp3) is 0.300. The maximum Gasteiger partial charge on any atom is 0.329 e. The molecule has 17 heavy (non-hydrogen) atoms. The molecule has 0 aliphatic carbocycles. The van der Waals surface area contributed by atoms with Crippen LogP contribution in [0, 0.1) is 5.95 Å². The average molecular weight is 258 g/mol. The quantitative estimate of drug-likeness (QED) is 0.644. The normalized spacial score (nSPS) is 16.0. The first-order valence-electron chi connectivity index (χ1n) is 4.94. The third-order valence-electron chi connectivity index (χ3n) is 2.39. The summed E-state index contributed by atoms with van der Waals surface area (Å²) in [6, 6.07) is 2.37. The number of amides is 3. The maximum absolute atomic E-state index is 13.4. The lowest BCUT2D eigenvalue weighted by atomic mass is 10.2. The van der Waals surface area contributed by atoms with Crippen molar-refractivity contribution in [1.29, 1.82) is 0 Å². The van der Waals surface area contributed by atoms with Crippen LogP contribution < -0.4 is 10.2 Å². The van der Waals surface area contributed by atoms with Crippen LogP contribution in [-0.2, 0) is 10.7 Å². The van der Waals surface area contributed by atoms with Crippen molar-refractivity contribution in [2.24, 2.45) is 0 Å². The van der Waals surface area contributed by atoms with Crippen molar-refractivity contribution in [2.75, 3.05) is 11.4 Å². The first-order valence-corrected chi connectivity index (χ1v) is 5.48. The number of hydrogen-bond acceptors (Lipinski definition) is 3. The minimum Gasteiger partial charge on any atom is -0.278 e. The topological polar surface area (TPSA) is 62.3 Å². The van der Waals surface area contributed by atoms with Gasteiger partial charge < -0.3 is 0 Å². The Hall–Kier alpha value is -1.69. The zero-order valence-electron chi connectivity index (χ0n) is 8.74. The Bertz CT molecular complexity index is 481. The van der Waals surface area contributed by atoms with Gasteiger partial charge in [0.2, 0.25) is 11.9 Å². The lowest BCUT2D eigenvalue weighted by molar-refractivity contribution is -0.120. The van der Waals surface area contributed by atoms with Crippen LogP contribution in [0.5, 0.6) is 0 Å². The Morgan fingerprint density at radius 1 is 1.47 bits per heavy atom. The summed E-state index contributed by atoms with van der Waals surface area (Å²) in [6.07, 6.45) is 0.173. The number of nitrogens with zero attached hydrogens (tertiary/aromatic N) is 2. The molecule has 0 radical (unpaired) electrons. The van der Waals surface area contributed by atoms with Crippen molar-refractivity contribution in [3.05, 3.63) is 23.6 Å². The minimum absolute atomic E-state index is 0.0177. The number of pyridine rings is 1. The Kier molecular flexibility index (Phi) is 3.23. The summed E-state index contributed by atoms with van der Waals surface area (Å²) in [5.41, 5.74) is 0.268. The summed E-state index contributed by atoms with van der Waals surface area (Å²) in [7, 11) is 0. The fourth-order valence-corrected chi connectivity index (χ4v) is 1.69. The highest BCUT2D eigenvalue weighted by atomic mass is 35.5. The van der Waals surface area contributed by atoms with Crippen molar-refractivity contribution in [3.8, 4) is 0 Å². The van der Waals surface area contributed by atoms with E-state index in [4.69, 9.17) is 11.6 Å². The van der Waals surface area contributed by atoms with E-state index in [9.17, 15) is 14.0 Å². The molecule has 1 aliphatic heterocycles. The molecule has 0 saturated carbocycles. The van der Waals surface area contributed by atoms with Crippen LogP contribution in [0.1, 0.15) is 12.0 Å². The summed E-state index contributed by atoms with van der Waals surface area (Å²) in [5, 5.41) is 2.14. The maximum atomic E-state index is 13.4. The third-order valence-corrected chi connectivity index (χ3v) is 2.67. The van der Waals surface area contributed by atoms with Crippen LogP contribution >= 0.6 is 11.6 Å². The van der Waals surface area contributed by atoms with Crippen molar-refractivity contribution in [2.45, 2.75) is 12.3 Å². The predicted octanol–water partition coefficient (Wildman–Crippen LogP) is 1.41. The SMILES string of the molecule is O=C1CCN(c2ccc(CCl)c(F)n2)C(=O)N1. The van der Waals surface area contributed by atoms with Crippen molar-refractivity contribution in [3.63, 3.8) is 0 Å². The van der Waals surface area contributed by atoms with E-state index < -0.39 is 12.0 Å². The molecule has 0 spiro atoms. The zero-order chi connectivity index (χ0) is 12.4. The number of urea groups is 1. The molecule has 0 aromatic carbocycles. The van der Waals surface area contributed by atoms with E-state index in [0.29, 0.717) is 0 Å². The van der Waals surface area contributed by atoms with Gasteiger partial charge in [-0.25, -0.2) is 9.78 Å². The van der Waals surface area contributed by atoms with E-state index >= 15 is 0 Å². The van der Waals surface area contributed by atoms with Crippen LogP contribution in [0.2, 0.25) is 0 Å². The highest BCUT2D eigenvalue weighted by Gasteiger charge is 2.25. The predicted molar refractivity (Wildman–Crippen MR) is 59.3 cm³/mol. The second-order valence-electron chi connectivity index (χ2n) is 3.51. The molecule has 7 heteroatoms. The molecule has 1 fully saturated rings. The largest absolute Gasteiger partial charge is 0.329 e. The van der Waals surface area contributed by atoms with Gasteiger partial charge in [-0.2, -0.15) is 4.39 Å². The number of halogens is 2. The summed E-state index contributed by atoms with van der Waals surface area (Å²) in [5.74, 6) is -0.864. The van der Waals surface area contributed by atoms with Crippen LogP contribution in [0.4, 0.5) is 15.0 Å². The smallest absolute Gasteiger partial charge is 0.278 e. The monoisotopic (exact) mass is 257 g/mol. The molecule has 1 aliphatic rings. The molecule has 90 valence electrons. The fourth-order valence-electron chi connectivity index (χ4n) is 1.49. The van der Waals surface area contributed by atoms with Gasteiger partial charge in [0.15, 0.2) is 0 Å². The van der Waals surface area contributed by atoms with Gasteiger partial charge in [0, 0.05) is 18.5 Å². The van der Waals surface area contributed by atoms with Gasteiger partial charge in [0.1, 0.15) is 5.82 Å². The Morgan fingerprint density at radius 3 is 2.82 bits per heavy atom. The molecule has 1 N–H and O–H groups in total. The van der Waals surface area contributed by atoms with Crippen LogP contribution in [0.15, 0.2) is 12.1 Å². The number of carbonyl (C=O) groups excluding carboxylic acids is 2. The number of anilines is 1. The Labute approximate surface area is 102 Å². The van der Waals surface area contributed by atoms with Crippen molar-refractivity contribution < 1.29 is 14.0 Å². The number of nitrogens with one attached hydrogen (secondary N) is 1. The highest BCUT2D eigenvalue weighted by Crippen LogP contribution is 2.17. The minimum atomic E-state index is -0.706. The zero-order valence-corrected chi connectivity index (χ0v) is 9.50. The average Bonchev–Trinajstić information content (AvgIpc) is 2.29. The molecule has 0 bridgehead atoms. The van der Waals surface area contributed by atoms with E-state index in [1.54, 1.807) is 0 Å². The molecule has 0 atom stereocenters. The van der Waals surface area contributed by atoms with Gasteiger partial charge in [0.05, 0.1) is 5.88 Å². The van der Waals surface area contributed by atoms with Gasteiger partial charge in [-0.05, 0) is 12.1 Å². The molecule has 3 amide bonds. The second-order valence-corrected chi connectivity index (χ2v) is 3.78. The van der Waals surface area contributed by atoms with E-state index in [1.807, 2.05) is 0 Å². The highest BCUT2D eigenvalue weighted by molar-refractivity contribution is 6.17. The van der Waals surface area contributed by atoms with Gasteiger partial charge in [-0.15, -0.1) is 11.6 Å².